The summed E-state index contributed by atoms with van der Waals surface area (Å²) in [6, 6.07) is 12.8. The van der Waals surface area contributed by atoms with Crippen molar-refractivity contribution in [1.82, 2.24) is 0 Å². The molecule has 0 amide bonds. The summed E-state index contributed by atoms with van der Waals surface area (Å²) in [6.45, 7) is 0.241. The summed E-state index contributed by atoms with van der Waals surface area (Å²) in [4.78, 5) is 12.0. The van der Waals surface area contributed by atoms with Crippen molar-refractivity contribution < 1.29 is 9.53 Å². The Morgan fingerprint density at radius 3 is 2.86 bits per heavy atom. The lowest BCUT2D eigenvalue weighted by Gasteiger charge is -2.05. The van der Waals surface area contributed by atoms with E-state index in [4.69, 9.17) is 22.1 Å². The fourth-order valence-corrected chi connectivity index (χ4v) is 3.11. The number of carbonyl (C=O) groups is 1. The molecule has 3 aromatic rings. The van der Waals surface area contributed by atoms with E-state index < -0.39 is 5.97 Å². The van der Waals surface area contributed by atoms with Crippen LogP contribution >= 0.6 is 22.9 Å². The highest BCUT2D eigenvalue weighted by atomic mass is 35.5. The first-order valence-electron chi connectivity index (χ1n) is 6.32. The number of esters is 1. The number of ether oxygens (including phenoxy) is 1. The molecular weight excluding hydrogens is 306 g/mol. The lowest BCUT2D eigenvalue weighted by molar-refractivity contribution is 0.0475. The average molecular weight is 318 g/mol. The Kier molecular flexibility index (Phi) is 3.82. The Morgan fingerprint density at radius 1 is 1.24 bits per heavy atom. The van der Waals surface area contributed by atoms with Gasteiger partial charge in [-0.15, -0.1) is 11.3 Å². The SMILES string of the molecule is Nc1cc(C(=O)OCc2csc3ccccc23)ccc1Cl. The van der Waals surface area contributed by atoms with Crippen molar-refractivity contribution in [3.8, 4) is 0 Å². The van der Waals surface area contributed by atoms with Crippen molar-refractivity contribution in [2.75, 3.05) is 5.73 Å². The van der Waals surface area contributed by atoms with Gasteiger partial charge in [0.1, 0.15) is 6.61 Å². The van der Waals surface area contributed by atoms with Crippen LogP contribution in [0, 0.1) is 0 Å². The van der Waals surface area contributed by atoms with Gasteiger partial charge in [0, 0.05) is 10.3 Å². The molecule has 21 heavy (non-hydrogen) atoms. The zero-order valence-corrected chi connectivity index (χ0v) is 12.6. The minimum absolute atomic E-state index is 0.241. The van der Waals surface area contributed by atoms with Crippen LogP contribution in [-0.2, 0) is 11.3 Å². The number of nitrogen functional groups attached to an aromatic ring is 1. The van der Waals surface area contributed by atoms with Gasteiger partial charge < -0.3 is 10.5 Å². The van der Waals surface area contributed by atoms with Crippen LogP contribution in [0.3, 0.4) is 0 Å². The Hall–Kier alpha value is -2.04. The van der Waals surface area contributed by atoms with Gasteiger partial charge in [0.05, 0.1) is 16.3 Å². The van der Waals surface area contributed by atoms with Gasteiger partial charge in [-0.1, -0.05) is 29.8 Å². The quantitative estimate of drug-likeness (QED) is 0.572. The number of anilines is 1. The normalized spacial score (nSPS) is 10.7. The molecule has 0 spiro atoms. The minimum Gasteiger partial charge on any atom is -0.457 e. The van der Waals surface area contributed by atoms with Crippen molar-refractivity contribution in [3.05, 3.63) is 64.0 Å². The van der Waals surface area contributed by atoms with E-state index in [1.165, 1.54) is 10.8 Å². The van der Waals surface area contributed by atoms with Crippen molar-refractivity contribution in [2.24, 2.45) is 0 Å². The number of thiophene rings is 1. The van der Waals surface area contributed by atoms with E-state index in [-0.39, 0.29) is 6.61 Å². The van der Waals surface area contributed by atoms with E-state index in [0.717, 1.165) is 10.9 Å². The van der Waals surface area contributed by atoms with Gasteiger partial charge in [-0.05, 0) is 35.0 Å². The summed E-state index contributed by atoms with van der Waals surface area (Å²) in [5.74, 6) is -0.409. The number of rotatable bonds is 3. The first kappa shape index (κ1) is 13.9. The molecular formula is C16H12ClNO2S. The second-order valence-corrected chi connectivity index (χ2v) is 5.89. The van der Waals surface area contributed by atoms with Crippen LogP contribution < -0.4 is 5.73 Å². The van der Waals surface area contributed by atoms with Crippen LogP contribution in [-0.4, -0.2) is 5.97 Å². The summed E-state index contributed by atoms with van der Waals surface area (Å²) in [5.41, 5.74) is 7.46. The van der Waals surface area contributed by atoms with Crippen LogP contribution in [0.2, 0.25) is 5.02 Å². The van der Waals surface area contributed by atoms with Crippen LogP contribution in [0.5, 0.6) is 0 Å². The third-order valence-electron chi connectivity index (χ3n) is 3.15. The van der Waals surface area contributed by atoms with Crippen molar-refractivity contribution >= 4 is 44.7 Å². The zero-order chi connectivity index (χ0) is 14.8. The number of carbonyl (C=O) groups excluding carboxylic acids is 1. The topological polar surface area (TPSA) is 52.3 Å². The zero-order valence-electron chi connectivity index (χ0n) is 11.0. The Labute approximate surface area is 130 Å². The number of hydrogen-bond donors (Lipinski definition) is 1. The lowest BCUT2D eigenvalue weighted by atomic mass is 10.2. The largest absolute Gasteiger partial charge is 0.457 e. The van der Waals surface area contributed by atoms with E-state index >= 15 is 0 Å². The molecule has 0 bridgehead atoms. The van der Waals surface area contributed by atoms with Gasteiger partial charge in [-0.3, -0.25) is 0 Å². The third kappa shape index (κ3) is 2.86. The van der Waals surface area contributed by atoms with E-state index in [2.05, 4.69) is 0 Å². The predicted molar refractivity (Wildman–Crippen MR) is 86.8 cm³/mol. The molecule has 0 saturated heterocycles. The number of nitrogens with two attached hydrogens (primary N) is 1. The monoisotopic (exact) mass is 317 g/mol. The Morgan fingerprint density at radius 2 is 2.05 bits per heavy atom. The van der Waals surface area contributed by atoms with Crippen molar-refractivity contribution in [2.45, 2.75) is 6.61 Å². The molecule has 0 aliphatic heterocycles. The lowest BCUT2D eigenvalue weighted by Crippen LogP contribution is -2.05. The molecule has 2 aromatic carbocycles. The van der Waals surface area contributed by atoms with Crippen LogP contribution in [0.25, 0.3) is 10.1 Å². The van der Waals surface area contributed by atoms with Gasteiger partial charge in [-0.2, -0.15) is 0 Å². The second kappa shape index (κ2) is 5.76. The van der Waals surface area contributed by atoms with Gasteiger partial charge in [0.15, 0.2) is 0 Å². The fraction of sp³-hybridized carbons (Fsp3) is 0.0625. The molecule has 106 valence electrons. The van der Waals surface area contributed by atoms with E-state index in [9.17, 15) is 4.79 Å². The molecule has 0 fully saturated rings. The summed E-state index contributed by atoms with van der Waals surface area (Å²) in [6.07, 6.45) is 0. The highest BCUT2D eigenvalue weighted by Gasteiger charge is 2.11. The number of fused-ring (bicyclic) bond motifs is 1. The summed E-state index contributed by atoms with van der Waals surface area (Å²) >= 11 is 7.47. The summed E-state index contributed by atoms with van der Waals surface area (Å²) in [7, 11) is 0. The molecule has 0 radical (unpaired) electrons. The Bertz CT molecular complexity index is 813. The average Bonchev–Trinajstić information content (AvgIpc) is 2.91. The van der Waals surface area contributed by atoms with Crippen LogP contribution in [0.1, 0.15) is 15.9 Å². The van der Waals surface area contributed by atoms with Gasteiger partial charge >= 0.3 is 5.97 Å². The molecule has 0 aliphatic rings. The van der Waals surface area contributed by atoms with Gasteiger partial charge in [-0.25, -0.2) is 4.79 Å². The van der Waals surface area contributed by atoms with E-state index in [1.54, 1.807) is 23.5 Å². The highest BCUT2D eigenvalue weighted by Crippen LogP contribution is 2.26. The molecule has 0 unspecified atom stereocenters. The summed E-state index contributed by atoms with van der Waals surface area (Å²) in [5, 5.41) is 3.55. The number of hydrogen-bond acceptors (Lipinski definition) is 4. The van der Waals surface area contributed by atoms with Crippen molar-refractivity contribution in [3.63, 3.8) is 0 Å². The molecule has 3 nitrogen and oxygen atoms in total. The first-order chi connectivity index (χ1) is 10.1. The van der Waals surface area contributed by atoms with Crippen LogP contribution in [0.4, 0.5) is 5.69 Å². The number of halogens is 1. The highest BCUT2D eigenvalue weighted by molar-refractivity contribution is 7.17. The van der Waals surface area contributed by atoms with Gasteiger partial charge in [0.25, 0.3) is 0 Å². The Balaban J connectivity index is 1.75. The maximum atomic E-state index is 12.0. The first-order valence-corrected chi connectivity index (χ1v) is 7.58. The van der Waals surface area contributed by atoms with Crippen LogP contribution in [0.15, 0.2) is 47.8 Å². The molecule has 0 saturated carbocycles. The maximum absolute atomic E-state index is 12.0. The molecule has 1 aromatic heterocycles. The second-order valence-electron chi connectivity index (χ2n) is 4.57. The van der Waals surface area contributed by atoms with Crippen molar-refractivity contribution in [1.29, 1.82) is 0 Å². The predicted octanol–water partition coefficient (Wildman–Crippen LogP) is 4.49. The van der Waals surface area contributed by atoms with E-state index in [0.29, 0.717) is 16.3 Å². The number of benzene rings is 2. The smallest absolute Gasteiger partial charge is 0.338 e. The molecule has 5 heteroatoms. The minimum atomic E-state index is -0.409. The standard InChI is InChI=1S/C16H12ClNO2S/c17-13-6-5-10(7-14(13)18)16(19)20-8-11-9-21-15-4-2-1-3-12(11)15/h1-7,9H,8,18H2. The molecule has 0 aliphatic carbocycles. The summed E-state index contributed by atoms with van der Waals surface area (Å²) < 4.78 is 6.52. The molecule has 3 rings (SSSR count). The molecule has 0 atom stereocenters. The maximum Gasteiger partial charge on any atom is 0.338 e. The molecule has 1 heterocycles. The fourth-order valence-electron chi connectivity index (χ4n) is 2.04. The molecule has 2 N–H and O–H groups in total. The third-order valence-corrected chi connectivity index (χ3v) is 4.51. The van der Waals surface area contributed by atoms with E-state index in [1.807, 2.05) is 29.6 Å². The van der Waals surface area contributed by atoms with Gasteiger partial charge in [0.2, 0.25) is 0 Å².